The van der Waals surface area contributed by atoms with E-state index in [-0.39, 0.29) is 5.91 Å². The van der Waals surface area contributed by atoms with Crippen LogP contribution < -0.4 is 5.32 Å². The number of nitrogens with zero attached hydrogens (tertiary/aromatic N) is 1. The van der Waals surface area contributed by atoms with E-state index in [9.17, 15) is 4.79 Å². The molecule has 0 spiro atoms. The van der Waals surface area contributed by atoms with Crippen molar-refractivity contribution in [3.63, 3.8) is 0 Å². The molecule has 0 aliphatic heterocycles. The van der Waals surface area contributed by atoms with Crippen LogP contribution in [0.2, 0.25) is 0 Å². The maximum Gasteiger partial charge on any atom is 0.253 e. The number of hydrogen-bond donors (Lipinski definition) is 2. The van der Waals surface area contributed by atoms with Gasteiger partial charge in [-0.15, -0.1) is 0 Å². The number of aromatic amines is 1. The topological polar surface area (TPSA) is 68.7 Å². The minimum Gasteiger partial charge on any atom is -0.361 e. The van der Waals surface area contributed by atoms with Crippen molar-refractivity contribution < 1.29 is 4.79 Å². The minimum absolute atomic E-state index is 0.101. The van der Waals surface area contributed by atoms with E-state index >= 15 is 0 Å². The monoisotopic (exact) mass is 227 g/mol. The molecule has 86 valence electrons. The smallest absolute Gasteiger partial charge is 0.253 e. The van der Waals surface area contributed by atoms with Gasteiger partial charge in [-0.1, -0.05) is 12.1 Å². The van der Waals surface area contributed by atoms with Crippen molar-refractivity contribution >= 4 is 16.8 Å². The standard InChI is InChI=1S/C13H13N3O/c14-7-1-2-8-16-13(17)11-5-3-4-10-6-9-15-12(10)11/h3-6,9,15H,1-2,8H2,(H,16,17). The van der Waals surface area contributed by atoms with Crippen molar-refractivity contribution in [2.45, 2.75) is 12.8 Å². The first-order valence-corrected chi connectivity index (χ1v) is 5.54. The number of para-hydroxylation sites is 1. The summed E-state index contributed by atoms with van der Waals surface area (Å²) in [5, 5.41) is 12.2. The maximum absolute atomic E-state index is 11.9. The Morgan fingerprint density at radius 1 is 1.41 bits per heavy atom. The van der Waals surface area contributed by atoms with Gasteiger partial charge >= 0.3 is 0 Å². The van der Waals surface area contributed by atoms with Crippen LogP contribution in [0.5, 0.6) is 0 Å². The van der Waals surface area contributed by atoms with Crippen molar-refractivity contribution in [1.82, 2.24) is 10.3 Å². The molecule has 0 fully saturated rings. The van der Waals surface area contributed by atoms with Crippen LogP contribution >= 0.6 is 0 Å². The maximum atomic E-state index is 11.9. The Labute approximate surface area is 99.3 Å². The van der Waals surface area contributed by atoms with Gasteiger partial charge in [-0.3, -0.25) is 4.79 Å². The third kappa shape index (κ3) is 2.45. The number of fused-ring (bicyclic) bond motifs is 1. The van der Waals surface area contributed by atoms with Gasteiger partial charge in [-0.2, -0.15) is 5.26 Å². The average molecular weight is 227 g/mol. The molecule has 1 aromatic carbocycles. The summed E-state index contributed by atoms with van der Waals surface area (Å²) in [4.78, 5) is 15.0. The third-order valence-corrected chi connectivity index (χ3v) is 2.58. The second-order valence-electron chi connectivity index (χ2n) is 3.77. The molecule has 2 N–H and O–H groups in total. The number of nitriles is 1. The Morgan fingerprint density at radius 2 is 2.29 bits per heavy atom. The van der Waals surface area contributed by atoms with Gasteiger partial charge in [0.05, 0.1) is 17.1 Å². The summed E-state index contributed by atoms with van der Waals surface area (Å²) in [6.07, 6.45) is 2.97. The first-order valence-electron chi connectivity index (χ1n) is 5.54. The molecule has 1 heterocycles. The van der Waals surface area contributed by atoms with E-state index in [1.165, 1.54) is 0 Å². The van der Waals surface area contributed by atoms with E-state index in [1.54, 1.807) is 6.07 Å². The number of H-pyrrole nitrogens is 1. The number of benzene rings is 1. The molecule has 0 atom stereocenters. The Hall–Kier alpha value is -2.28. The predicted molar refractivity (Wildman–Crippen MR) is 65.5 cm³/mol. The molecule has 2 aromatic rings. The van der Waals surface area contributed by atoms with Gasteiger partial charge in [0.15, 0.2) is 0 Å². The molecule has 2 rings (SSSR count). The zero-order valence-electron chi connectivity index (χ0n) is 9.36. The third-order valence-electron chi connectivity index (χ3n) is 2.58. The highest BCUT2D eigenvalue weighted by Gasteiger charge is 2.09. The molecule has 0 radical (unpaired) electrons. The lowest BCUT2D eigenvalue weighted by Gasteiger charge is -2.04. The Bertz CT molecular complexity index is 565. The van der Waals surface area contributed by atoms with Crippen LogP contribution in [0.1, 0.15) is 23.2 Å². The normalized spacial score (nSPS) is 10.1. The van der Waals surface area contributed by atoms with Crippen LogP contribution in [0, 0.1) is 11.3 Å². The molecule has 0 bridgehead atoms. The van der Waals surface area contributed by atoms with Crippen LogP contribution in [-0.4, -0.2) is 17.4 Å². The molecule has 0 saturated carbocycles. The van der Waals surface area contributed by atoms with Crippen LogP contribution in [0.3, 0.4) is 0 Å². The number of hydrogen-bond acceptors (Lipinski definition) is 2. The van der Waals surface area contributed by atoms with Gasteiger partial charge in [0.2, 0.25) is 0 Å². The van der Waals surface area contributed by atoms with Crippen LogP contribution in [0.15, 0.2) is 30.5 Å². The lowest BCUT2D eigenvalue weighted by atomic mass is 10.1. The molecule has 0 aliphatic carbocycles. The molecule has 4 nitrogen and oxygen atoms in total. The van der Waals surface area contributed by atoms with E-state index in [0.29, 0.717) is 24.9 Å². The van der Waals surface area contributed by atoms with E-state index < -0.39 is 0 Å². The molecule has 0 unspecified atom stereocenters. The molecule has 0 aliphatic rings. The first kappa shape index (κ1) is 11.2. The molecular formula is C13H13N3O. The number of nitrogens with one attached hydrogen (secondary N) is 2. The van der Waals surface area contributed by atoms with Crippen LogP contribution in [-0.2, 0) is 0 Å². The second-order valence-corrected chi connectivity index (χ2v) is 3.77. The molecule has 1 amide bonds. The molecule has 17 heavy (non-hydrogen) atoms. The fourth-order valence-electron chi connectivity index (χ4n) is 1.74. The van der Waals surface area contributed by atoms with E-state index in [0.717, 1.165) is 10.9 Å². The summed E-state index contributed by atoms with van der Waals surface area (Å²) in [5.74, 6) is -0.101. The number of amides is 1. The van der Waals surface area contributed by atoms with Crippen molar-refractivity contribution in [2.75, 3.05) is 6.54 Å². The van der Waals surface area contributed by atoms with Gasteiger partial charge in [0.1, 0.15) is 0 Å². The number of rotatable bonds is 4. The van der Waals surface area contributed by atoms with Gasteiger partial charge in [-0.25, -0.2) is 0 Å². The fourth-order valence-corrected chi connectivity index (χ4v) is 1.74. The number of carbonyl (C=O) groups is 1. The SMILES string of the molecule is N#CCCCNC(=O)c1cccc2cc[nH]c12. The Balaban J connectivity index is 2.09. The van der Waals surface area contributed by atoms with E-state index in [2.05, 4.69) is 10.3 Å². The summed E-state index contributed by atoms with van der Waals surface area (Å²) in [6.45, 7) is 0.531. The van der Waals surface area contributed by atoms with Crippen LogP contribution in [0.4, 0.5) is 0 Å². The molecule has 4 heteroatoms. The first-order chi connectivity index (χ1) is 8.33. The average Bonchev–Trinajstić information content (AvgIpc) is 2.82. The largest absolute Gasteiger partial charge is 0.361 e. The number of carbonyl (C=O) groups excluding carboxylic acids is 1. The van der Waals surface area contributed by atoms with Gasteiger partial charge in [0, 0.05) is 24.5 Å². The van der Waals surface area contributed by atoms with Crippen molar-refractivity contribution in [3.05, 3.63) is 36.0 Å². The zero-order valence-corrected chi connectivity index (χ0v) is 9.36. The highest BCUT2D eigenvalue weighted by atomic mass is 16.1. The zero-order chi connectivity index (χ0) is 12.1. The molecule has 1 aromatic heterocycles. The minimum atomic E-state index is -0.101. The Morgan fingerprint density at radius 3 is 3.12 bits per heavy atom. The molecule has 0 saturated heterocycles. The summed E-state index contributed by atoms with van der Waals surface area (Å²) < 4.78 is 0. The van der Waals surface area contributed by atoms with Crippen LogP contribution in [0.25, 0.3) is 10.9 Å². The number of unbranched alkanes of at least 4 members (excludes halogenated alkanes) is 1. The number of aromatic nitrogens is 1. The van der Waals surface area contributed by atoms with Crippen molar-refractivity contribution in [1.29, 1.82) is 5.26 Å². The summed E-state index contributed by atoms with van der Waals surface area (Å²) in [7, 11) is 0. The highest BCUT2D eigenvalue weighted by molar-refractivity contribution is 6.05. The quantitative estimate of drug-likeness (QED) is 0.786. The second kappa shape index (κ2) is 5.17. The summed E-state index contributed by atoms with van der Waals surface area (Å²) in [5.41, 5.74) is 1.50. The highest BCUT2D eigenvalue weighted by Crippen LogP contribution is 2.16. The molecular weight excluding hydrogens is 214 g/mol. The lowest BCUT2D eigenvalue weighted by molar-refractivity contribution is 0.0955. The lowest BCUT2D eigenvalue weighted by Crippen LogP contribution is -2.24. The predicted octanol–water partition coefficient (Wildman–Crippen LogP) is 2.20. The van der Waals surface area contributed by atoms with Gasteiger partial charge in [-0.05, 0) is 18.6 Å². The van der Waals surface area contributed by atoms with Gasteiger partial charge < -0.3 is 10.3 Å². The summed E-state index contributed by atoms with van der Waals surface area (Å²) >= 11 is 0. The van der Waals surface area contributed by atoms with E-state index in [1.807, 2.05) is 30.5 Å². The van der Waals surface area contributed by atoms with E-state index in [4.69, 9.17) is 5.26 Å². The Kier molecular flexibility index (Phi) is 3.41. The fraction of sp³-hybridized carbons (Fsp3) is 0.231. The van der Waals surface area contributed by atoms with Crippen molar-refractivity contribution in [3.8, 4) is 6.07 Å². The van der Waals surface area contributed by atoms with Gasteiger partial charge in [0.25, 0.3) is 5.91 Å². The summed E-state index contributed by atoms with van der Waals surface area (Å²) in [6, 6.07) is 9.59. The van der Waals surface area contributed by atoms with Crippen molar-refractivity contribution in [2.24, 2.45) is 0 Å².